The van der Waals surface area contributed by atoms with Crippen molar-refractivity contribution in [1.82, 2.24) is 9.97 Å². The molecule has 0 radical (unpaired) electrons. The molecule has 0 unspecified atom stereocenters. The van der Waals surface area contributed by atoms with E-state index < -0.39 is 0 Å². The number of anilines is 2. The van der Waals surface area contributed by atoms with Crippen LogP contribution in [0.1, 0.15) is 5.56 Å². The molecule has 0 fully saturated rings. The first-order chi connectivity index (χ1) is 10.2. The third-order valence-electron chi connectivity index (χ3n) is 3.10. The fraction of sp³-hybridized carbons (Fsp3) is 0.0588. The highest BCUT2D eigenvalue weighted by Gasteiger charge is 2.03. The van der Waals surface area contributed by atoms with Crippen molar-refractivity contribution in [2.45, 2.75) is 6.92 Å². The van der Waals surface area contributed by atoms with Gasteiger partial charge in [-0.15, -0.1) is 0 Å². The van der Waals surface area contributed by atoms with Crippen molar-refractivity contribution < 1.29 is 0 Å². The van der Waals surface area contributed by atoms with E-state index in [1.807, 2.05) is 54.6 Å². The van der Waals surface area contributed by atoms with Crippen molar-refractivity contribution in [3.8, 4) is 11.3 Å². The van der Waals surface area contributed by atoms with Crippen LogP contribution in [0.3, 0.4) is 0 Å². The number of hydrogen-bond donors (Lipinski definition) is 1. The van der Waals surface area contributed by atoms with E-state index in [2.05, 4.69) is 22.2 Å². The van der Waals surface area contributed by atoms with E-state index in [-0.39, 0.29) is 0 Å². The Kier molecular flexibility index (Phi) is 3.84. The number of aryl methyl sites for hydroxylation is 1. The van der Waals surface area contributed by atoms with E-state index >= 15 is 0 Å². The van der Waals surface area contributed by atoms with Crippen molar-refractivity contribution >= 4 is 23.2 Å². The second kappa shape index (κ2) is 5.94. The van der Waals surface area contributed by atoms with Crippen molar-refractivity contribution in [1.29, 1.82) is 0 Å². The van der Waals surface area contributed by atoms with E-state index in [1.165, 1.54) is 5.56 Å². The van der Waals surface area contributed by atoms with Crippen LogP contribution in [0, 0.1) is 6.92 Å². The Bertz CT molecular complexity index is 737. The van der Waals surface area contributed by atoms with Gasteiger partial charge in [0.05, 0.1) is 5.69 Å². The zero-order chi connectivity index (χ0) is 14.7. The van der Waals surface area contributed by atoms with Gasteiger partial charge in [-0.3, -0.25) is 0 Å². The van der Waals surface area contributed by atoms with Gasteiger partial charge in [0.1, 0.15) is 0 Å². The summed E-state index contributed by atoms with van der Waals surface area (Å²) in [7, 11) is 0. The SMILES string of the molecule is Cc1ccc(Nc2nccc(-c3ccc(Cl)cc3)n2)cc1. The Morgan fingerprint density at radius 1 is 0.905 bits per heavy atom. The van der Waals surface area contributed by atoms with Gasteiger partial charge in [0.15, 0.2) is 0 Å². The van der Waals surface area contributed by atoms with E-state index in [1.54, 1.807) is 6.20 Å². The third kappa shape index (κ3) is 3.38. The minimum atomic E-state index is 0.575. The van der Waals surface area contributed by atoms with Gasteiger partial charge in [-0.05, 0) is 37.3 Å². The standard InChI is InChI=1S/C17H14ClN3/c1-12-2-8-15(9-3-12)20-17-19-11-10-16(21-17)13-4-6-14(18)7-5-13/h2-11H,1H3,(H,19,20,21). The Balaban J connectivity index is 1.86. The molecule has 0 atom stereocenters. The molecule has 0 aliphatic heterocycles. The van der Waals surface area contributed by atoms with Crippen LogP contribution in [0.2, 0.25) is 5.02 Å². The average molecular weight is 296 g/mol. The number of nitrogens with one attached hydrogen (secondary N) is 1. The summed E-state index contributed by atoms with van der Waals surface area (Å²) in [6.07, 6.45) is 1.74. The van der Waals surface area contributed by atoms with Crippen LogP contribution in [-0.2, 0) is 0 Å². The zero-order valence-electron chi connectivity index (χ0n) is 11.5. The molecule has 0 bridgehead atoms. The quantitative estimate of drug-likeness (QED) is 0.750. The molecule has 0 spiro atoms. The summed E-state index contributed by atoms with van der Waals surface area (Å²) in [6, 6.07) is 17.6. The fourth-order valence-electron chi connectivity index (χ4n) is 1.97. The molecule has 0 amide bonds. The predicted octanol–water partition coefficient (Wildman–Crippen LogP) is 4.85. The lowest BCUT2D eigenvalue weighted by Gasteiger charge is -2.07. The van der Waals surface area contributed by atoms with Crippen molar-refractivity contribution in [3.05, 3.63) is 71.4 Å². The Morgan fingerprint density at radius 3 is 2.33 bits per heavy atom. The Morgan fingerprint density at radius 2 is 1.62 bits per heavy atom. The lowest BCUT2D eigenvalue weighted by Crippen LogP contribution is -1.97. The second-order valence-corrected chi connectivity index (χ2v) is 5.20. The molecule has 21 heavy (non-hydrogen) atoms. The number of benzene rings is 2. The number of hydrogen-bond acceptors (Lipinski definition) is 3. The summed E-state index contributed by atoms with van der Waals surface area (Å²) < 4.78 is 0. The zero-order valence-corrected chi connectivity index (χ0v) is 12.3. The summed E-state index contributed by atoms with van der Waals surface area (Å²) in [5.41, 5.74) is 4.05. The third-order valence-corrected chi connectivity index (χ3v) is 3.36. The highest BCUT2D eigenvalue weighted by atomic mass is 35.5. The van der Waals surface area contributed by atoms with Crippen LogP contribution in [0.25, 0.3) is 11.3 Å². The summed E-state index contributed by atoms with van der Waals surface area (Å²) >= 11 is 5.91. The largest absolute Gasteiger partial charge is 0.324 e. The van der Waals surface area contributed by atoms with Crippen molar-refractivity contribution in [3.63, 3.8) is 0 Å². The topological polar surface area (TPSA) is 37.8 Å². The van der Waals surface area contributed by atoms with Gasteiger partial charge in [-0.25, -0.2) is 9.97 Å². The molecule has 0 saturated carbocycles. The first-order valence-corrected chi connectivity index (χ1v) is 7.01. The maximum Gasteiger partial charge on any atom is 0.227 e. The predicted molar refractivity (Wildman–Crippen MR) is 86.9 cm³/mol. The summed E-state index contributed by atoms with van der Waals surface area (Å²) in [6.45, 7) is 2.06. The molecule has 104 valence electrons. The van der Waals surface area contributed by atoms with Crippen LogP contribution in [0.4, 0.5) is 11.6 Å². The number of rotatable bonds is 3. The molecule has 1 heterocycles. The van der Waals surface area contributed by atoms with Gasteiger partial charge in [-0.1, -0.05) is 41.4 Å². The number of halogens is 1. The van der Waals surface area contributed by atoms with Gasteiger partial charge in [0, 0.05) is 22.5 Å². The molecule has 0 aliphatic carbocycles. The minimum Gasteiger partial charge on any atom is -0.324 e. The van der Waals surface area contributed by atoms with Crippen LogP contribution >= 0.6 is 11.6 Å². The lowest BCUT2D eigenvalue weighted by molar-refractivity contribution is 1.17. The smallest absolute Gasteiger partial charge is 0.227 e. The Hall–Kier alpha value is -2.39. The first-order valence-electron chi connectivity index (χ1n) is 6.63. The average Bonchev–Trinajstić information content (AvgIpc) is 2.51. The van der Waals surface area contributed by atoms with Crippen molar-refractivity contribution in [2.75, 3.05) is 5.32 Å². The summed E-state index contributed by atoms with van der Waals surface area (Å²) in [5, 5.41) is 3.92. The van der Waals surface area contributed by atoms with Crippen LogP contribution in [-0.4, -0.2) is 9.97 Å². The highest BCUT2D eigenvalue weighted by Crippen LogP contribution is 2.21. The maximum atomic E-state index is 5.91. The highest BCUT2D eigenvalue weighted by molar-refractivity contribution is 6.30. The van der Waals surface area contributed by atoms with Gasteiger partial charge >= 0.3 is 0 Å². The molecular weight excluding hydrogens is 282 g/mol. The molecule has 3 nitrogen and oxygen atoms in total. The fourth-order valence-corrected chi connectivity index (χ4v) is 2.09. The van der Waals surface area contributed by atoms with Crippen molar-refractivity contribution in [2.24, 2.45) is 0 Å². The first kappa shape index (κ1) is 13.6. The second-order valence-electron chi connectivity index (χ2n) is 4.76. The van der Waals surface area contributed by atoms with Gasteiger partial charge in [0.25, 0.3) is 0 Å². The normalized spacial score (nSPS) is 10.4. The Labute approximate surface area is 128 Å². The molecule has 2 aromatic carbocycles. The minimum absolute atomic E-state index is 0.575. The van der Waals surface area contributed by atoms with E-state index in [0.717, 1.165) is 16.9 Å². The van der Waals surface area contributed by atoms with Gasteiger partial charge < -0.3 is 5.32 Å². The lowest BCUT2D eigenvalue weighted by atomic mass is 10.1. The molecule has 1 aromatic heterocycles. The van der Waals surface area contributed by atoms with Crippen LogP contribution in [0.5, 0.6) is 0 Å². The van der Waals surface area contributed by atoms with Gasteiger partial charge in [0.2, 0.25) is 5.95 Å². The maximum absolute atomic E-state index is 5.91. The molecule has 3 rings (SSSR count). The number of aromatic nitrogens is 2. The van der Waals surface area contributed by atoms with Gasteiger partial charge in [-0.2, -0.15) is 0 Å². The van der Waals surface area contributed by atoms with Crippen LogP contribution < -0.4 is 5.32 Å². The summed E-state index contributed by atoms with van der Waals surface area (Å²) in [4.78, 5) is 8.78. The van der Waals surface area contributed by atoms with E-state index in [9.17, 15) is 0 Å². The van der Waals surface area contributed by atoms with E-state index in [0.29, 0.717) is 11.0 Å². The molecule has 1 N–H and O–H groups in total. The van der Waals surface area contributed by atoms with Crippen LogP contribution in [0.15, 0.2) is 60.8 Å². The number of nitrogens with zero attached hydrogens (tertiary/aromatic N) is 2. The summed E-state index contributed by atoms with van der Waals surface area (Å²) in [5.74, 6) is 0.575. The molecule has 3 aromatic rings. The monoisotopic (exact) mass is 295 g/mol. The molecule has 0 aliphatic rings. The molecule has 0 saturated heterocycles. The van der Waals surface area contributed by atoms with E-state index in [4.69, 9.17) is 11.6 Å². The molecule has 4 heteroatoms. The molecular formula is C17H14ClN3.